The first-order valence-corrected chi connectivity index (χ1v) is 10.3. The van der Waals surface area contributed by atoms with E-state index in [9.17, 15) is 9.59 Å². The number of hydrogen-bond acceptors (Lipinski definition) is 5. The largest absolute Gasteiger partial charge is 0.486 e. The Hall–Kier alpha value is -2.28. The zero-order chi connectivity index (χ0) is 19.9. The summed E-state index contributed by atoms with van der Waals surface area (Å²) in [5.41, 5.74) is 0.658. The second-order valence-corrected chi connectivity index (χ2v) is 7.65. The second-order valence-electron chi connectivity index (χ2n) is 7.65. The van der Waals surface area contributed by atoms with Gasteiger partial charge in [0.25, 0.3) is 0 Å². The van der Waals surface area contributed by atoms with E-state index >= 15 is 0 Å². The summed E-state index contributed by atoms with van der Waals surface area (Å²) in [6.07, 6.45) is 4.63. The van der Waals surface area contributed by atoms with Gasteiger partial charge >= 0.3 is 0 Å². The molecule has 1 aliphatic carbocycles. The molecule has 2 aliphatic rings. The number of nitrogens with one attached hydrogen (secondary N) is 2. The van der Waals surface area contributed by atoms with Crippen LogP contribution in [0.4, 0.5) is 5.69 Å². The molecule has 2 amide bonds. The molecule has 154 valence electrons. The van der Waals surface area contributed by atoms with E-state index in [4.69, 9.17) is 9.47 Å². The van der Waals surface area contributed by atoms with E-state index in [1.54, 1.807) is 18.2 Å². The van der Waals surface area contributed by atoms with Crippen LogP contribution in [0.2, 0.25) is 0 Å². The Bertz CT molecular complexity index is 694. The maximum Gasteiger partial charge on any atom is 0.238 e. The SMILES string of the molecule is CCN(CC(=O)Nc1ccc2c(c1)OCCO2)CC(=O)NC1CCCCC1C. The van der Waals surface area contributed by atoms with Crippen molar-refractivity contribution in [2.24, 2.45) is 5.92 Å². The molecule has 0 radical (unpaired) electrons. The highest BCUT2D eigenvalue weighted by molar-refractivity contribution is 5.93. The van der Waals surface area contributed by atoms with E-state index < -0.39 is 0 Å². The molecule has 1 aromatic rings. The van der Waals surface area contributed by atoms with Gasteiger partial charge in [-0.2, -0.15) is 0 Å². The number of likely N-dealkylation sites (N-methyl/N-ethyl adjacent to an activating group) is 1. The van der Waals surface area contributed by atoms with Crippen molar-refractivity contribution in [3.05, 3.63) is 18.2 Å². The van der Waals surface area contributed by atoms with Gasteiger partial charge in [0.15, 0.2) is 11.5 Å². The molecular formula is C21H31N3O4. The first-order chi connectivity index (χ1) is 13.5. The highest BCUT2D eigenvalue weighted by atomic mass is 16.6. The predicted molar refractivity (Wildman–Crippen MR) is 108 cm³/mol. The Kier molecular flexibility index (Phi) is 7.14. The fraction of sp³-hybridized carbons (Fsp3) is 0.619. The van der Waals surface area contributed by atoms with Crippen molar-refractivity contribution in [2.75, 3.05) is 38.2 Å². The maximum absolute atomic E-state index is 12.4. The molecule has 7 nitrogen and oxygen atoms in total. The summed E-state index contributed by atoms with van der Waals surface area (Å²) >= 11 is 0. The standard InChI is InChI=1S/C21H31N3O4/c1-3-24(14-21(26)23-17-7-5-4-6-15(17)2)13-20(25)22-16-8-9-18-19(12-16)28-11-10-27-18/h8-9,12,15,17H,3-7,10-11,13-14H2,1-2H3,(H,22,25)(H,23,26). The van der Waals surface area contributed by atoms with Gasteiger partial charge in [0.1, 0.15) is 13.2 Å². The lowest BCUT2D eigenvalue weighted by molar-refractivity contribution is -0.124. The smallest absolute Gasteiger partial charge is 0.238 e. The summed E-state index contributed by atoms with van der Waals surface area (Å²) in [6.45, 7) is 6.21. The molecule has 1 fully saturated rings. The highest BCUT2D eigenvalue weighted by Gasteiger charge is 2.23. The van der Waals surface area contributed by atoms with Crippen molar-refractivity contribution in [1.29, 1.82) is 0 Å². The van der Waals surface area contributed by atoms with E-state index in [-0.39, 0.29) is 30.9 Å². The minimum absolute atomic E-state index is 0.00673. The molecule has 7 heteroatoms. The van der Waals surface area contributed by atoms with E-state index in [1.807, 2.05) is 11.8 Å². The lowest BCUT2D eigenvalue weighted by Gasteiger charge is -2.30. The normalized spacial score (nSPS) is 21.2. The lowest BCUT2D eigenvalue weighted by Crippen LogP contribution is -2.47. The number of anilines is 1. The van der Waals surface area contributed by atoms with E-state index in [0.717, 1.165) is 6.42 Å². The summed E-state index contributed by atoms with van der Waals surface area (Å²) in [4.78, 5) is 26.7. The minimum atomic E-state index is -0.155. The molecule has 1 aromatic carbocycles. The van der Waals surface area contributed by atoms with Crippen molar-refractivity contribution < 1.29 is 19.1 Å². The predicted octanol–water partition coefficient (Wildman–Crippen LogP) is 2.41. The Labute approximate surface area is 166 Å². The maximum atomic E-state index is 12.4. The molecule has 1 heterocycles. The average molecular weight is 389 g/mol. The van der Waals surface area contributed by atoms with Crippen LogP contribution < -0.4 is 20.1 Å². The van der Waals surface area contributed by atoms with E-state index in [2.05, 4.69) is 17.6 Å². The Morgan fingerprint density at radius 1 is 1.07 bits per heavy atom. The third-order valence-electron chi connectivity index (χ3n) is 5.47. The van der Waals surface area contributed by atoms with Gasteiger partial charge in [-0.25, -0.2) is 0 Å². The minimum Gasteiger partial charge on any atom is -0.486 e. The summed E-state index contributed by atoms with van der Waals surface area (Å²) < 4.78 is 11.0. The molecule has 0 spiro atoms. The van der Waals surface area contributed by atoms with Crippen LogP contribution in [0, 0.1) is 5.92 Å². The van der Waals surface area contributed by atoms with Crippen molar-refractivity contribution >= 4 is 17.5 Å². The van der Waals surface area contributed by atoms with E-state index in [0.29, 0.717) is 42.9 Å². The van der Waals surface area contributed by atoms with Gasteiger partial charge in [0.05, 0.1) is 13.1 Å². The fourth-order valence-electron chi connectivity index (χ4n) is 3.79. The van der Waals surface area contributed by atoms with Gasteiger partial charge in [-0.05, 0) is 37.4 Å². The molecule has 0 aromatic heterocycles. The Morgan fingerprint density at radius 3 is 2.54 bits per heavy atom. The molecule has 3 rings (SSSR count). The van der Waals surface area contributed by atoms with Crippen molar-refractivity contribution in [3.8, 4) is 11.5 Å². The monoisotopic (exact) mass is 389 g/mol. The number of ether oxygens (including phenoxy) is 2. The third kappa shape index (κ3) is 5.61. The molecule has 0 bridgehead atoms. The number of carbonyl (C=O) groups excluding carboxylic acids is 2. The second kappa shape index (κ2) is 9.78. The molecule has 2 N–H and O–H groups in total. The summed E-state index contributed by atoms with van der Waals surface area (Å²) in [6, 6.07) is 5.60. The fourth-order valence-corrected chi connectivity index (χ4v) is 3.79. The number of fused-ring (bicyclic) bond motifs is 1. The number of rotatable bonds is 7. The molecule has 0 saturated heterocycles. The summed E-state index contributed by atoms with van der Waals surface area (Å²) in [5, 5.41) is 6.02. The Morgan fingerprint density at radius 2 is 1.79 bits per heavy atom. The number of carbonyl (C=O) groups is 2. The van der Waals surface area contributed by atoms with Crippen LogP contribution in [0.3, 0.4) is 0 Å². The Balaban J connectivity index is 1.48. The number of benzene rings is 1. The quantitative estimate of drug-likeness (QED) is 0.749. The van der Waals surface area contributed by atoms with Gasteiger partial charge in [-0.15, -0.1) is 0 Å². The van der Waals surface area contributed by atoms with Gasteiger partial charge < -0.3 is 20.1 Å². The van der Waals surface area contributed by atoms with Crippen molar-refractivity contribution in [3.63, 3.8) is 0 Å². The van der Waals surface area contributed by atoms with Crippen LogP contribution in [0.1, 0.15) is 39.5 Å². The van der Waals surface area contributed by atoms with Crippen LogP contribution in [0.25, 0.3) is 0 Å². The molecule has 2 atom stereocenters. The third-order valence-corrected chi connectivity index (χ3v) is 5.47. The molecule has 28 heavy (non-hydrogen) atoms. The molecule has 1 saturated carbocycles. The molecule has 1 aliphatic heterocycles. The van der Waals surface area contributed by atoms with Crippen molar-refractivity contribution in [2.45, 2.75) is 45.6 Å². The van der Waals surface area contributed by atoms with Crippen LogP contribution in [-0.2, 0) is 9.59 Å². The average Bonchev–Trinajstić information content (AvgIpc) is 2.69. The van der Waals surface area contributed by atoms with Crippen LogP contribution in [-0.4, -0.2) is 55.6 Å². The zero-order valence-electron chi connectivity index (χ0n) is 16.8. The van der Waals surface area contributed by atoms with Gasteiger partial charge in [-0.1, -0.05) is 26.7 Å². The zero-order valence-corrected chi connectivity index (χ0v) is 16.8. The topological polar surface area (TPSA) is 79.9 Å². The van der Waals surface area contributed by atoms with Gasteiger partial charge in [0.2, 0.25) is 11.8 Å². The summed E-state index contributed by atoms with van der Waals surface area (Å²) in [7, 11) is 0. The van der Waals surface area contributed by atoms with Crippen LogP contribution in [0.15, 0.2) is 18.2 Å². The van der Waals surface area contributed by atoms with Gasteiger partial charge in [-0.3, -0.25) is 14.5 Å². The first-order valence-electron chi connectivity index (χ1n) is 10.3. The van der Waals surface area contributed by atoms with Gasteiger partial charge in [0, 0.05) is 17.8 Å². The lowest BCUT2D eigenvalue weighted by atomic mass is 9.86. The highest BCUT2D eigenvalue weighted by Crippen LogP contribution is 2.32. The molecule has 2 unspecified atom stereocenters. The first kappa shape index (κ1) is 20.5. The summed E-state index contributed by atoms with van der Waals surface area (Å²) in [5.74, 6) is 1.68. The number of nitrogens with zero attached hydrogens (tertiary/aromatic N) is 1. The molecular weight excluding hydrogens is 358 g/mol. The van der Waals surface area contributed by atoms with Crippen LogP contribution in [0.5, 0.6) is 11.5 Å². The van der Waals surface area contributed by atoms with Crippen LogP contribution >= 0.6 is 0 Å². The van der Waals surface area contributed by atoms with E-state index in [1.165, 1.54) is 19.3 Å². The van der Waals surface area contributed by atoms with Crippen molar-refractivity contribution in [1.82, 2.24) is 10.2 Å². The number of hydrogen-bond donors (Lipinski definition) is 2. The number of amides is 2.